The number of aromatic nitrogens is 2. The summed E-state index contributed by atoms with van der Waals surface area (Å²) >= 11 is 3.51. The van der Waals surface area contributed by atoms with Crippen molar-refractivity contribution >= 4 is 21.6 Å². The third kappa shape index (κ3) is 4.36. The quantitative estimate of drug-likeness (QED) is 0.408. The number of ether oxygens (including phenoxy) is 1. The third-order valence-corrected chi connectivity index (χ3v) is 5.48. The zero-order valence-corrected chi connectivity index (χ0v) is 17.3. The summed E-state index contributed by atoms with van der Waals surface area (Å²) in [5.41, 5.74) is 1.79. The molecule has 1 aromatic heterocycles. The Balaban J connectivity index is 1.48. The minimum Gasteiger partial charge on any atom is -0.419 e. The van der Waals surface area contributed by atoms with Gasteiger partial charge in [0.25, 0.3) is 5.69 Å². The Morgan fingerprint density at radius 3 is 2.76 bits per heavy atom. The summed E-state index contributed by atoms with van der Waals surface area (Å²) in [5, 5.41) is 19.1. The average molecular weight is 459 g/mol. The summed E-state index contributed by atoms with van der Waals surface area (Å²) in [6.45, 7) is 4.12. The summed E-state index contributed by atoms with van der Waals surface area (Å²) < 4.78 is 12.8. The highest BCUT2D eigenvalue weighted by molar-refractivity contribution is 9.10. The van der Waals surface area contributed by atoms with Gasteiger partial charge in [-0.25, -0.2) is 0 Å². The van der Waals surface area contributed by atoms with Gasteiger partial charge >= 0.3 is 0 Å². The second-order valence-electron chi connectivity index (χ2n) is 6.83. The SMILES string of the molecule is CC(c1nnc(-c2ccc([N+](=O)[O-])cc2)o1)N1CCOC(c2cccc(Br)c2)C1. The van der Waals surface area contributed by atoms with Gasteiger partial charge in [0.1, 0.15) is 0 Å². The van der Waals surface area contributed by atoms with Crippen LogP contribution >= 0.6 is 15.9 Å². The van der Waals surface area contributed by atoms with Crippen LogP contribution in [-0.4, -0.2) is 39.7 Å². The van der Waals surface area contributed by atoms with E-state index in [1.165, 1.54) is 12.1 Å². The molecular weight excluding hydrogens is 440 g/mol. The lowest BCUT2D eigenvalue weighted by molar-refractivity contribution is -0.384. The summed E-state index contributed by atoms with van der Waals surface area (Å²) in [5.74, 6) is 0.854. The number of hydrogen-bond acceptors (Lipinski definition) is 7. The molecule has 0 bridgehead atoms. The zero-order valence-electron chi connectivity index (χ0n) is 15.7. The van der Waals surface area contributed by atoms with Crippen LogP contribution in [0.4, 0.5) is 5.69 Å². The predicted molar refractivity (Wildman–Crippen MR) is 109 cm³/mol. The fraction of sp³-hybridized carbons (Fsp3) is 0.300. The molecule has 1 saturated heterocycles. The Kier molecular flexibility index (Phi) is 5.70. The van der Waals surface area contributed by atoms with Gasteiger partial charge in [-0.2, -0.15) is 0 Å². The summed E-state index contributed by atoms with van der Waals surface area (Å²) in [4.78, 5) is 12.6. The molecule has 8 nitrogen and oxygen atoms in total. The number of hydrogen-bond donors (Lipinski definition) is 0. The molecule has 0 radical (unpaired) electrons. The standard InChI is InChI=1S/C20H19BrN4O4/c1-13(24-9-10-28-18(12-24)15-3-2-4-16(21)11-15)19-22-23-20(29-19)14-5-7-17(8-6-14)25(26)27/h2-8,11,13,18H,9-10,12H2,1H3. The molecule has 0 amide bonds. The first-order valence-corrected chi connectivity index (χ1v) is 10.00. The number of nitrogens with zero attached hydrogens (tertiary/aromatic N) is 4. The van der Waals surface area contributed by atoms with Crippen molar-refractivity contribution in [2.75, 3.05) is 19.7 Å². The molecule has 4 rings (SSSR count). The predicted octanol–water partition coefficient (Wildman–Crippen LogP) is 4.54. The Labute approximate surface area is 175 Å². The molecule has 150 valence electrons. The van der Waals surface area contributed by atoms with E-state index in [0.29, 0.717) is 30.5 Å². The van der Waals surface area contributed by atoms with Crippen molar-refractivity contribution < 1.29 is 14.1 Å². The Morgan fingerprint density at radius 2 is 2.03 bits per heavy atom. The number of nitro groups is 1. The monoisotopic (exact) mass is 458 g/mol. The lowest BCUT2D eigenvalue weighted by atomic mass is 10.1. The van der Waals surface area contributed by atoms with Crippen molar-refractivity contribution in [3.63, 3.8) is 0 Å². The fourth-order valence-electron chi connectivity index (χ4n) is 3.33. The van der Waals surface area contributed by atoms with Crippen molar-refractivity contribution in [2.24, 2.45) is 0 Å². The molecule has 2 unspecified atom stereocenters. The molecule has 3 aromatic rings. The number of rotatable bonds is 5. The highest BCUT2D eigenvalue weighted by Crippen LogP contribution is 2.30. The maximum Gasteiger partial charge on any atom is 0.269 e. The first kappa shape index (κ1) is 19.7. The number of benzene rings is 2. The number of morpholine rings is 1. The maximum atomic E-state index is 10.8. The molecule has 9 heteroatoms. The maximum absolute atomic E-state index is 10.8. The van der Waals surface area contributed by atoms with Crippen LogP contribution in [0.3, 0.4) is 0 Å². The molecule has 2 heterocycles. The van der Waals surface area contributed by atoms with E-state index in [1.807, 2.05) is 19.1 Å². The van der Waals surface area contributed by atoms with Crippen molar-refractivity contribution in [1.82, 2.24) is 15.1 Å². The van der Waals surface area contributed by atoms with Crippen molar-refractivity contribution in [1.29, 1.82) is 0 Å². The lowest BCUT2D eigenvalue weighted by Gasteiger charge is -2.35. The van der Waals surface area contributed by atoms with Crippen molar-refractivity contribution in [3.8, 4) is 11.5 Å². The van der Waals surface area contributed by atoms with Gasteiger partial charge in [-0.05, 0) is 36.8 Å². The van der Waals surface area contributed by atoms with Crippen LogP contribution in [0, 0.1) is 10.1 Å². The van der Waals surface area contributed by atoms with Gasteiger partial charge < -0.3 is 9.15 Å². The van der Waals surface area contributed by atoms with E-state index in [4.69, 9.17) is 9.15 Å². The second-order valence-corrected chi connectivity index (χ2v) is 7.75. The summed E-state index contributed by atoms with van der Waals surface area (Å²) in [6, 6.07) is 14.1. The number of non-ortho nitro benzene ring substituents is 1. The second kappa shape index (κ2) is 8.40. The smallest absolute Gasteiger partial charge is 0.269 e. The van der Waals surface area contributed by atoms with Crippen LogP contribution in [0.2, 0.25) is 0 Å². The highest BCUT2D eigenvalue weighted by atomic mass is 79.9. The largest absolute Gasteiger partial charge is 0.419 e. The fourth-order valence-corrected chi connectivity index (χ4v) is 3.75. The summed E-state index contributed by atoms with van der Waals surface area (Å²) in [6.07, 6.45) is -0.0271. The Morgan fingerprint density at radius 1 is 1.24 bits per heavy atom. The Bertz CT molecular complexity index is 1010. The molecule has 0 spiro atoms. The minimum absolute atomic E-state index is 0.0220. The third-order valence-electron chi connectivity index (χ3n) is 4.99. The van der Waals surface area contributed by atoms with E-state index in [9.17, 15) is 10.1 Å². The molecule has 0 aliphatic carbocycles. The van der Waals surface area contributed by atoms with E-state index in [1.54, 1.807) is 12.1 Å². The highest BCUT2D eigenvalue weighted by Gasteiger charge is 2.29. The normalized spacial score (nSPS) is 18.5. The van der Waals surface area contributed by atoms with Crippen molar-refractivity contribution in [2.45, 2.75) is 19.1 Å². The number of nitro benzene ring substituents is 1. The minimum atomic E-state index is -0.439. The molecule has 0 N–H and O–H groups in total. The van der Waals surface area contributed by atoms with Crippen LogP contribution < -0.4 is 0 Å². The van der Waals surface area contributed by atoms with E-state index < -0.39 is 4.92 Å². The number of halogens is 1. The van der Waals surface area contributed by atoms with Crippen LogP contribution in [-0.2, 0) is 4.74 Å². The molecule has 2 atom stereocenters. The van der Waals surface area contributed by atoms with Gasteiger partial charge in [0.05, 0.1) is 23.7 Å². The van der Waals surface area contributed by atoms with Crippen LogP contribution in [0.15, 0.2) is 57.4 Å². The van der Waals surface area contributed by atoms with Crippen molar-refractivity contribution in [3.05, 3.63) is 74.6 Å². The first-order chi connectivity index (χ1) is 14.0. The van der Waals surface area contributed by atoms with Gasteiger partial charge in [0, 0.05) is 35.3 Å². The van der Waals surface area contributed by atoms with Gasteiger partial charge in [-0.3, -0.25) is 15.0 Å². The molecule has 1 aliphatic heterocycles. The van der Waals surface area contributed by atoms with Gasteiger partial charge in [0.15, 0.2) is 0 Å². The van der Waals surface area contributed by atoms with Gasteiger partial charge in [-0.15, -0.1) is 10.2 Å². The molecule has 29 heavy (non-hydrogen) atoms. The molecular formula is C20H19BrN4O4. The van der Waals surface area contributed by atoms with Crippen LogP contribution in [0.1, 0.15) is 30.5 Å². The van der Waals surface area contributed by atoms with E-state index in [0.717, 1.165) is 16.6 Å². The van der Waals surface area contributed by atoms with E-state index >= 15 is 0 Å². The Hall–Kier alpha value is -2.62. The van der Waals surface area contributed by atoms with Gasteiger partial charge in [0.2, 0.25) is 11.8 Å². The topological polar surface area (TPSA) is 94.5 Å². The van der Waals surface area contributed by atoms with E-state index in [2.05, 4.69) is 43.2 Å². The van der Waals surface area contributed by atoms with E-state index in [-0.39, 0.29) is 17.8 Å². The average Bonchev–Trinajstić information content (AvgIpc) is 3.23. The molecule has 1 fully saturated rings. The van der Waals surface area contributed by atoms with Crippen LogP contribution in [0.25, 0.3) is 11.5 Å². The first-order valence-electron chi connectivity index (χ1n) is 9.20. The van der Waals surface area contributed by atoms with Gasteiger partial charge in [-0.1, -0.05) is 28.1 Å². The molecule has 1 aliphatic rings. The summed E-state index contributed by atoms with van der Waals surface area (Å²) in [7, 11) is 0. The van der Waals surface area contributed by atoms with Crippen LogP contribution in [0.5, 0.6) is 0 Å². The molecule has 0 saturated carbocycles. The molecule has 2 aromatic carbocycles. The zero-order chi connectivity index (χ0) is 20.4. The lowest BCUT2D eigenvalue weighted by Crippen LogP contribution is -2.40.